The molecule has 3 nitrogen and oxygen atoms in total. The van der Waals surface area contributed by atoms with Gasteiger partial charge in [0.25, 0.3) is 6.48 Å². The van der Waals surface area contributed by atoms with Gasteiger partial charge in [0, 0.05) is 13.2 Å². The molecule has 0 radical (unpaired) electrons. The fraction of sp³-hybridized carbons (Fsp3) is 0.875. The van der Waals surface area contributed by atoms with Crippen LogP contribution in [0.15, 0.2) is 11.6 Å². The summed E-state index contributed by atoms with van der Waals surface area (Å²) in [6.07, 6.45) is 7.57. The lowest BCUT2D eigenvalue weighted by molar-refractivity contribution is -0.285. The van der Waals surface area contributed by atoms with Gasteiger partial charge in [0.05, 0.1) is 6.61 Å². The molecule has 3 unspecified atom stereocenters. The van der Waals surface area contributed by atoms with Crippen LogP contribution in [0.2, 0.25) is 0 Å². The first-order valence-electron chi connectivity index (χ1n) is 7.78. The first kappa shape index (κ1) is 15.0. The Kier molecular flexibility index (Phi) is 5.86. The molecule has 3 heteroatoms. The quantitative estimate of drug-likeness (QED) is 0.496. The second-order valence-corrected chi connectivity index (χ2v) is 5.62. The van der Waals surface area contributed by atoms with Gasteiger partial charge >= 0.3 is 0 Å². The maximum absolute atomic E-state index is 5.69. The van der Waals surface area contributed by atoms with Gasteiger partial charge in [-0.15, -0.1) is 0 Å². The number of rotatable bonds is 8. The van der Waals surface area contributed by atoms with Crippen LogP contribution >= 0.6 is 0 Å². The number of allylic oxidation sites excluding steroid dienone is 2. The van der Waals surface area contributed by atoms with Crippen LogP contribution in [-0.2, 0) is 14.2 Å². The molecule has 0 heterocycles. The van der Waals surface area contributed by atoms with E-state index in [0.717, 1.165) is 30.8 Å². The molecular weight excluding hydrogens is 240 g/mol. The molecule has 0 amide bonds. The predicted octanol–water partition coefficient (Wildman–Crippen LogP) is 3.74. The molecule has 0 saturated heterocycles. The molecule has 3 atom stereocenters. The highest BCUT2D eigenvalue weighted by molar-refractivity contribution is 5.17. The van der Waals surface area contributed by atoms with Crippen molar-refractivity contribution in [1.82, 2.24) is 0 Å². The predicted molar refractivity (Wildman–Crippen MR) is 75.7 cm³/mol. The van der Waals surface area contributed by atoms with Crippen LogP contribution in [0.5, 0.6) is 0 Å². The minimum atomic E-state index is -0.473. The zero-order chi connectivity index (χ0) is 13.7. The van der Waals surface area contributed by atoms with E-state index in [4.69, 9.17) is 14.2 Å². The zero-order valence-electron chi connectivity index (χ0n) is 12.6. The molecular formula is C16H28O3. The van der Waals surface area contributed by atoms with Crippen molar-refractivity contribution in [1.29, 1.82) is 0 Å². The Bertz CT molecular complexity index is 294. The molecule has 0 aliphatic heterocycles. The van der Waals surface area contributed by atoms with Gasteiger partial charge in [-0.05, 0) is 64.2 Å². The second-order valence-electron chi connectivity index (χ2n) is 5.62. The van der Waals surface area contributed by atoms with Crippen LogP contribution in [0.1, 0.15) is 46.5 Å². The van der Waals surface area contributed by atoms with Gasteiger partial charge in [0.1, 0.15) is 0 Å². The third-order valence-electron chi connectivity index (χ3n) is 4.58. The first-order chi connectivity index (χ1) is 9.28. The van der Waals surface area contributed by atoms with E-state index in [1.807, 2.05) is 13.8 Å². The van der Waals surface area contributed by atoms with Crippen LogP contribution in [-0.4, -0.2) is 26.3 Å². The first-order valence-corrected chi connectivity index (χ1v) is 7.78. The van der Waals surface area contributed by atoms with Gasteiger partial charge in [0.2, 0.25) is 0 Å². The molecule has 19 heavy (non-hydrogen) atoms. The fourth-order valence-electron chi connectivity index (χ4n) is 3.67. The van der Waals surface area contributed by atoms with Gasteiger partial charge in [-0.1, -0.05) is 11.6 Å². The van der Waals surface area contributed by atoms with Crippen molar-refractivity contribution in [3.63, 3.8) is 0 Å². The summed E-state index contributed by atoms with van der Waals surface area (Å²) >= 11 is 0. The molecule has 2 fully saturated rings. The third-order valence-corrected chi connectivity index (χ3v) is 4.58. The molecule has 2 saturated carbocycles. The SMILES string of the molecule is CC=C1CC2CC1CC2CCOC(OCC)OCC. The minimum Gasteiger partial charge on any atom is -0.330 e. The van der Waals surface area contributed by atoms with Crippen molar-refractivity contribution in [2.75, 3.05) is 19.8 Å². The van der Waals surface area contributed by atoms with E-state index in [-0.39, 0.29) is 0 Å². The fourth-order valence-corrected chi connectivity index (χ4v) is 3.67. The van der Waals surface area contributed by atoms with E-state index in [0.29, 0.717) is 13.2 Å². The van der Waals surface area contributed by atoms with Gasteiger partial charge < -0.3 is 14.2 Å². The summed E-state index contributed by atoms with van der Waals surface area (Å²) in [5, 5.41) is 0. The van der Waals surface area contributed by atoms with Crippen molar-refractivity contribution in [3.8, 4) is 0 Å². The van der Waals surface area contributed by atoms with E-state index in [1.165, 1.54) is 19.3 Å². The molecule has 0 N–H and O–H groups in total. The molecule has 2 bridgehead atoms. The highest BCUT2D eigenvalue weighted by atomic mass is 16.8. The summed E-state index contributed by atoms with van der Waals surface area (Å²) < 4.78 is 16.5. The lowest BCUT2D eigenvalue weighted by Crippen LogP contribution is -2.23. The largest absolute Gasteiger partial charge is 0.330 e. The Morgan fingerprint density at radius 2 is 1.89 bits per heavy atom. The Morgan fingerprint density at radius 3 is 2.42 bits per heavy atom. The molecule has 0 aromatic carbocycles. The van der Waals surface area contributed by atoms with E-state index in [2.05, 4.69) is 13.0 Å². The van der Waals surface area contributed by atoms with E-state index < -0.39 is 6.48 Å². The van der Waals surface area contributed by atoms with Gasteiger partial charge in [-0.3, -0.25) is 0 Å². The lowest BCUT2D eigenvalue weighted by Gasteiger charge is -2.24. The van der Waals surface area contributed by atoms with Gasteiger partial charge in [-0.2, -0.15) is 0 Å². The van der Waals surface area contributed by atoms with E-state index in [9.17, 15) is 0 Å². The molecule has 2 aliphatic carbocycles. The number of hydrogen-bond acceptors (Lipinski definition) is 3. The Morgan fingerprint density at radius 1 is 1.16 bits per heavy atom. The van der Waals surface area contributed by atoms with E-state index >= 15 is 0 Å². The Labute approximate surface area is 117 Å². The van der Waals surface area contributed by atoms with Crippen molar-refractivity contribution in [2.24, 2.45) is 17.8 Å². The van der Waals surface area contributed by atoms with Crippen LogP contribution in [0.25, 0.3) is 0 Å². The second kappa shape index (κ2) is 7.41. The van der Waals surface area contributed by atoms with Gasteiger partial charge in [-0.25, -0.2) is 0 Å². The number of fused-ring (bicyclic) bond motifs is 2. The monoisotopic (exact) mass is 268 g/mol. The van der Waals surface area contributed by atoms with E-state index in [1.54, 1.807) is 5.57 Å². The summed E-state index contributed by atoms with van der Waals surface area (Å²) in [4.78, 5) is 0. The maximum Gasteiger partial charge on any atom is 0.271 e. The molecule has 2 aliphatic rings. The van der Waals surface area contributed by atoms with Crippen LogP contribution < -0.4 is 0 Å². The van der Waals surface area contributed by atoms with Crippen molar-refractivity contribution in [2.45, 2.75) is 52.9 Å². The van der Waals surface area contributed by atoms with Crippen LogP contribution in [0, 0.1) is 17.8 Å². The Balaban J connectivity index is 1.67. The standard InChI is InChI=1S/C16H28O3/c1-4-12-9-15-11-14(12)10-13(15)7-8-19-16(17-5-2)18-6-3/h4,13-16H,5-11H2,1-3H3. The summed E-state index contributed by atoms with van der Waals surface area (Å²) in [5.74, 6) is 2.62. The molecule has 0 spiro atoms. The van der Waals surface area contributed by atoms with Gasteiger partial charge in [0.15, 0.2) is 0 Å². The topological polar surface area (TPSA) is 27.7 Å². The number of ether oxygens (including phenoxy) is 3. The highest BCUT2D eigenvalue weighted by Gasteiger charge is 2.41. The molecule has 2 rings (SSSR count). The Hall–Kier alpha value is -0.380. The summed E-state index contributed by atoms with van der Waals surface area (Å²) in [6.45, 7) is 7.65. The van der Waals surface area contributed by atoms with Crippen LogP contribution in [0.3, 0.4) is 0 Å². The summed E-state index contributed by atoms with van der Waals surface area (Å²) in [7, 11) is 0. The summed E-state index contributed by atoms with van der Waals surface area (Å²) in [6, 6.07) is 0. The molecule has 0 aromatic heterocycles. The van der Waals surface area contributed by atoms with Crippen LogP contribution in [0.4, 0.5) is 0 Å². The van der Waals surface area contributed by atoms with Crippen molar-refractivity contribution < 1.29 is 14.2 Å². The zero-order valence-corrected chi connectivity index (χ0v) is 12.6. The van der Waals surface area contributed by atoms with Crippen molar-refractivity contribution >= 4 is 0 Å². The molecule has 0 aromatic rings. The minimum absolute atomic E-state index is 0.473. The normalized spacial score (nSPS) is 31.8. The smallest absolute Gasteiger partial charge is 0.271 e. The highest BCUT2D eigenvalue weighted by Crippen LogP contribution is 2.52. The lowest BCUT2D eigenvalue weighted by atomic mass is 9.84. The maximum atomic E-state index is 5.69. The average Bonchev–Trinajstić information content (AvgIpc) is 2.98. The third kappa shape index (κ3) is 3.80. The average molecular weight is 268 g/mol. The number of hydrogen-bond donors (Lipinski definition) is 0. The summed E-state index contributed by atoms with van der Waals surface area (Å²) in [5.41, 5.74) is 1.70. The molecule has 110 valence electrons. The van der Waals surface area contributed by atoms with Crippen molar-refractivity contribution in [3.05, 3.63) is 11.6 Å².